The number of aromatic nitrogens is 3. The molecule has 2 heterocycles. The van der Waals surface area contributed by atoms with E-state index in [2.05, 4.69) is 9.97 Å². The van der Waals surface area contributed by atoms with E-state index in [0.717, 1.165) is 27.9 Å². The van der Waals surface area contributed by atoms with Gasteiger partial charge in [0.05, 0.1) is 27.9 Å². The Morgan fingerprint density at radius 3 is 2.81 bits per heavy atom. The van der Waals surface area contributed by atoms with Gasteiger partial charge in [0.2, 0.25) is 0 Å². The zero-order valence-corrected chi connectivity index (χ0v) is 9.03. The number of halogens is 1. The molecule has 80 valence electrons. The lowest BCUT2D eigenvalue weighted by Gasteiger charge is -2.05. The highest BCUT2D eigenvalue weighted by Crippen LogP contribution is 2.20. The Kier molecular flexibility index (Phi) is 1.74. The van der Waals surface area contributed by atoms with Crippen molar-refractivity contribution in [1.29, 1.82) is 0 Å². The number of rotatable bonds is 0. The van der Waals surface area contributed by atoms with Gasteiger partial charge < -0.3 is 0 Å². The molecule has 0 radical (unpaired) electrons. The first-order valence-corrected chi connectivity index (χ1v) is 5.06. The zero-order valence-electron chi connectivity index (χ0n) is 9.03. The second-order valence-corrected chi connectivity index (χ2v) is 3.88. The summed E-state index contributed by atoms with van der Waals surface area (Å²) in [6.45, 7) is 3.86. The number of benzene rings is 1. The van der Waals surface area contributed by atoms with E-state index < -0.39 is 0 Å². The van der Waals surface area contributed by atoms with Crippen LogP contribution in [-0.4, -0.2) is 14.4 Å². The summed E-state index contributed by atoms with van der Waals surface area (Å²) in [5, 5.41) is 0. The highest BCUT2D eigenvalue weighted by molar-refractivity contribution is 5.80. The maximum Gasteiger partial charge on any atom is 0.125 e. The number of aryl methyl sites for hydroxylation is 2. The molecule has 3 nitrogen and oxygen atoms in total. The Morgan fingerprint density at radius 1 is 1.19 bits per heavy atom. The molecule has 0 saturated heterocycles. The quantitative estimate of drug-likeness (QED) is 0.577. The van der Waals surface area contributed by atoms with Crippen molar-refractivity contribution in [2.24, 2.45) is 0 Å². The molecule has 3 rings (SSSR count). The first-order chi connectivity index (χ1) is 7.66. The number of hydrogen-bond donors (Lipinski definition) is 0. The molecule has 0 aliphatic carbocycles. The topological polar surface area (TPSA) is 30.2 Å². The molecule has 0 unspecified atom stereocenters. The second-order valence-electron chi connectivity index (χ2n) is 3.88. The van der Waals surface area contributed by atoms with Gasteiger partial charge in [-0.2, -0.15) is 0 Å². The lowest BCUT2D eigenvalue weighted by atomic mass is 10.2. The fraction of sp³-hybridized carbons (Fsp3) is 0.167. The largest absolute Gasteiger partial charge is 0.295 e. The van der Waals surface area contributed by atoms with Crippen LogP contribution < -0.4 is 0 Å². The van der Waals surface area contributed by atoms with E-state index in [1.165, 1.54) is 12.1 Å². The van der Waals surface area contributed by atoms with Gasteiger partial charge in [-0.1, -0.05) is 0 Å². The van der Waals surface area contributed by atoms with E-state index in [1.54, 1.807) is 12.4 Å². The van der Waals surface area contributed by atoms with Gasteiger partial charge in [0.15, 0.2) is 0 Å². The van der Waals surface area contributed by atoms with Crippen LogP contribution in [0.5, 0.6) is 0 Å². The average molecular weight is 215 g/mol. The summed E-state index contributed by atoms with van der Waals surface area (Å²) in [5.41, 5.74) is 4.31. The van der Waals surface area contributed by atoms with Gasteiger partial charge in [-0.05, 0) is 26.0 Å². The Balaban J connectivity index is 2.61. The molecule has 16 heavy (non-hydrogen) atoms. The minimum Gasteiger partial charge on any atom is -0.295 e. The van der Waals surface area contributed by atoms with Crippen LogP contribution in [-0.2, 0) is 0 Å². The molecule has 0 aliphatic rings. The van der Waals surface area contributed by atoms with Crippen molar-refractivity contribution in [1.82, 2.24) is 14.4 Å². The van der Waals surface area contributed by atoms with Crippen LogP contribution in [0.25, 0.3) is 16.6 Å². The fourth-order valence-corrected chi connectivity index (χ4v) is 2.07. The standard InChI is InChI=1S/C12H10FN3/c1-7-12-8(2)15-10-4-3-9(13)5-11(10)16(12)6-14-7/h3-6H,1-2H3. The molecule has 0 bridgehead atoms. The lowest BCUT2D eigenvalue weighted by Crippen LogP contribution is -1.95. The Hall–Kier alpha value is -1.97. The molecule has 0 saturated carbocycles. The summed E-state index contributed by atoms with van der Waals surface area (Å²) in [4.78, 5) is 8.69. The smallest absolute Gasteiger partial charge is 0.125 e. The Morgan fingerprint density at radius 2 is 2.00 bits per heavy atom. The van der Waals surface area contributed by atoms with Crippen LogP contribution in [0.2, 0.25) is 0 Å². The van der Waals surface area contributed by atoms with E-state index in [4.69, 9.17) is 0 Å². The maximum atomic E-state index is 13.2. The summed E-state index contributed by atoms with van der Waals surface area (Å²) < 4.78 is 15.1. The highest BCUT2D eigenvalue weighted by Gasteiger charge is 2.09. The van der Waals surface area contributed by atoms with Gasteiger partial charge in [0, 0.05) is 6.07 Å². The molecule has 1 aromatic carbocycles. The molecule has 0 atom stereocenters. The van der Waals surface area contributed by atoms with E-state index in [0.29, 0.717) is 0 Å². The number of nitrogens with zero attached hydrogens (tertiary/aromatic N) is 3. The molecule has 0 spiro atoms. The van der Waals surface area contributed by atoms with Crippen LogP contribution in [0.4, 0.5) is 4.39 Å². The van der Waals surface area contributed by atoms with Gasteiger partial charge in [-0.15, -0.1) is 0 Å². The number of fused-ring (bicyclic) bond motifs is 3. The summed E-state index contributed by atoms with van der Waals surface area (Å²) in [5.74, 6) is -0.259. The van der Waals surface area contributed by atoms with Gasteiger partial charge in [0.1, 0.15) is 12.1 Å². The van der Waals surface area contributed by atoms with Crippen molar-refractivity contribution >= 4 is 16.6 Å². The molecule has 0 N–H and O–H groups in total. The third-order valence-corrected chi connectivity index (χ3v) is 2.78. The minimum absolute atomic E-state index is 0.259. The van der Waals surface area contributed by atoms with Gasteiger partial charge in [-0.3, -0.25) is 4.40 Å². The third-order valence-electron chi connectivity index (χ3n) is 2.78. The van der Waals surface area contributed by atoms with E-state index in [1.807, 2.05) is 18.2 Å². The Labute approximate surface area is 91.6 Å². The lowest BCUT2D eigenvalue weighted by molar-refractivity contribution is 0.629. The maximum absolute atomic E-state index is 13.2. The van der Waals surface area contributed by atoms with Crippen LogP contribution >= 0.6 is 0 Å². The summed E-state index contributed by atoms with van der Waals surface area (Å²) in [6, 6.07) is 4.59. The number of hydrogen-bond acceptors (Lipinski definition) is 2. The first-order valence-electron chi connectivity index (χ1n) is 5.06. The molecular weight excluding hydrogens is 205 g/mol. The van der Waals surface area contributed by atoms with Gasteiger partial charge in [-0.25, -0.2) is 14.4 Å². The van der Waals surface area contributed by atoms with E-state index in [9.17, 15) is 4.39 Å². The van der Waals surface area contributed by atoms with Crippen LogP contribution in [0, 0.1) is 19.7 Å². The summed E-state index contributed by atoms with van der Waals surface area (Å²) in [7, 11) is 0. The third kappa shape index (κ3) is 1.13. The summed E-state index contributed by atoms with van der Waals surface area (Å²) in [6.07, 6.45) is 1.71. The minimum atomic E-state index is -0.259. The van der Waals surface area contributed by atoms with Crippen molar-refractivity contribution in [2.45, 2.75) is 13.8 Å². The van der Waals surface area contributed by atoms with Gasteiger partial charge in [0.25, 0.3) is 0 Å². The molecule has 4 heteroatoms. The molecule has 0 amide bonds. The Bertz CT molecular complexity index is 700. The highest BCUT2D eigenvalue weighted by atomic mass is 19.1. The monoisotopic (exact) mass is 215 g/mol. The van der Waals surface area contributed by atoms with Crippen molar-refractivity contribution < 1.29 is 4.39 Å². The van der Waals surface area contributed by atoms with Crippen LogP contribution in [0.3, 0.4) is 0 Å². The molecule has 0 aliphatic heterocycles. The van der Waals surface area contributed by atoms with E-state index in [-0.39, 0.29) is 5.82 Å². The van der Waals surface area contributed by atoms with Crippen molar-refractivity contribution in [3.63, 3.8) is 0 Å². The first kappa shape index (κ1) is 9.27. The fourth-order valence-electron chi connectivity index (χ4n) is 2.07. The molecule has 3 aromatic rings. The summed E-state index contributed by atoms with van der Waals surface area (Å²) >= 11 is 0. The molecule has 2 aromatic heterocycles. The van der Waals surface area contributed by atoms with Crippen LogP contribution in [0.15, 0.2) is 24.5 Å². The average Bonchev–Trinajstić information content (AvgIpc) is 2.63. The van der Waals surface area contributed by atoms with Crippen molar-refractivity contribution in [2.75, 3.05) is 0 Å². The van der Waals surface area contributed by atoms with Crippen LogP contribution in [0.1, 0.15) is 11.4 Å². The normalized spacial score (nSPS) is 11.4. The zero-order chi connectivity index (χ0) is 11.3. The number of imidazole rings is 1. The predicted molar refractivity (Wildman–Crippen MR) is 59.9 cm³/mol. The molecule has 0 fully saturated rings. The van der Waals surface area contributed by atoms with Gasteiger partial charge >= 0.3 is 0 Å². The van der Waals surface area contributed by atoms with Crippen molar-refractivity contribution in [3.8, 4) is 0 Å². The van der Waals surface area contributed by atoms with Crippen molar-refractivity contribution in [3.05, 3.63) is 41.7 Å². The predicted octanol–water partition coefficient (Wildman–Crippen LogP) is 2.64. The second kappa shape index (κ2) is 3.01. The SMILES string of the molecule is Cc1ncn2c1c(C)nc1ccc(F)cc12. The molecular formula is C12H10FN3. The van der Waals surface area contributed by atoms with E-state index >= 15 is 0 Å².